The van der Waals surface area contributed by atoms with Gasteiger partial charge in [0.25, 0.3) is 0 Å². The molecule has 3 rings (SSSR count). The summed E-state index contributed by atoms with van der Waals surface area (Å²) in [7, 11) is 0. The molecule has 0 aromatic carbocycles. The lowest BCUT2D eigenvalue weighted by Gasteiger charge is -2.41. The van der Waals surface area contributed by atoms with Gasteiger partial charge in [0.2, 0.25) is 0 Å². The van der Waals surface area contributed by atoms with Gasteiger partial charge in [0.1, 0.15) is 11.9 Å². The van der Waals surface area contributed by atoms with Crippen LogP contribution in [-0.2, 0) is 4.74 Å². The molecule has 2 aliphatic rings. The molecule has 1 saturated carbocycles. The molecular weight excluding hydrogens is 356 g/mol. The molecule has 7 heteroatoms. The Morgan fingerprint density at radius 2 is 2.04 bits per heavy atom. The summed E-state index contributed by atoms with van der Waals surface area (Å²) in [5.74, 6) is 1.33. The quantitative estimate of drug-likeness (QED) is 0.465. The van der Waals surface area contributed by atoms with Gasteiger partial charge >= 0.3 is 0 Å². The van der Waals surface area contributed by atoms with Crippen molar-refractivity contribution in [2.45, 2.75) is 45.1 Å². The molecule has 1 atom stereocenters. The lowest BCUT2D eigenvalue weighted by Crippen LogP contribution is -2.47. The number of rotatable bonds is 8. The fourth-order valence-corrected chi connectivity index (χ4v) is 4.26. The highest BCUT2D eigenvalue weighted by molar-refractivity contribution is 5.79. The molecule has 2 fully saturated rings. The van der Waals surface area contributed by atoms with Gasteiger partial charge in [-0.15, -0.1) is 0 Å². The summed E-state index contributed by atoms with van der Waals surface area (Å²) in [4.78, 5) is 7.47. The van der Waals surface area contributed by atoms with Crippen LogP contribution >= 0.6 is 0 Å². The highest BCUT2D eigenvalue weighted by Gasteiger charge is 2.34. The van der Waals surface area contributed by atoms with Crippen LogP contribution in [0.5, 0.6) is 0 Å². The molecule has 0 bridgehead atoms. The number of guanidine groups is 1. The van der Waals surface area contributed by atoms with Crippen LogP contribution in [0.15, 0.2) is 27.8 Å². The van der Waals surface area contributed by atoms with Gasteiger partial charge in [0, 0.05) is 38.1 Å². The van der Waals surface area contributed by atoms with Crippen molar-refractivity contribution >= 4 is 5.96 Å². The molecule has 1 aromatic rings. The van der Waals surface area contributed by atoms with E-state index in [1.165, 1.54) is 32.1 Å². The van der Waals surface area contributed by atoms with E-state index in [1.54, 1.807) is 18.4 Å². The lowest BCUT2D eigenvalue weighted by molar-refractivity contribution is 0.00937. The Hall–Kier alpha value is -1.57. The second-order valence-corrected chi connectivity index (χ2v) is 8.06. The van der Waals surface area contributed by atoms with Gasteiger partial charge in [-0.05, 0) is 31.9 Å². The first-order chi connectivity index (χ1) is 13.7. The number of aliphatic hydroxyl groups excluding tert-OH is 1. The van der Waals surface area contributed by atoms with Crippen molar-refractivity contribution in [2.24, 2.45) is 10.4 Å². The predicted octanol–water partition coefficient (Wildman–Crippen LogP) is 2.15. The summed E-state index contributed by atoms with van der Waals surface area (Å²) in [6.45, 7) is 8.88. The summed E-state index contributed by atoms with van der Waals surface area (Å²) in [5, 5.41) is 16.8. The van der Waals surface area contributed by atoms with Gasteiger partial charge in [0.05, 0.1) is 26.0 Å². The number of hydrogen-bond donors (Lipinski definition) is 3. The second-order valence-electron chi connectivity index (χ2n) is 8.06. The normalized spacial score (nSPS) is 22.0. The molecule has 1 aromatic heterocycles. The summed E-state index contributed by atoms with van der Waals surface area (Å²) in [6.07, 6.45) is 7.29. The van der Waals surface area contributed by atoms with Crippen molar-refractivity contribution in [3.63, 3.8) is 0 Å². The molecular formula is C21H36N4O3. The molecule has 2 heterocycles. The molecule has 1 saturated heterocycles. The standard InChI is InChI=1S/C21H36N4O3/c1-2-22-20(23-15-18(26)19-7-6-12-28-19)24-16-21(8-4-3-5-9-21)17-25-10-13-27-14-11-25/h6-7,12,18,26H,2-5,8-11,13-17H2,1H3,(H2,22,23,24). The maximum absolute atomic E-state index is 10.3. The Bertz CT molecular complexity index is 578. The zero-order valence-corrected chi connectivity index (χ0v) is 17.2. The van der Waals surface area contributed by atoms with Crippen LogP contribution in [0.1, 0.15) is 50.9 Å². The summed E-state index contributed by atoms with van der Waals surface area (Å²) < 4.78 is 10.8. The average molecular weight is 393 g/mol. The molecule has 0 amide bonds. The van der Waals surface area contributed by atoms with Crippen LogP contribution in [0.4, 0.5) is 0 Å². The number of nitrogens with one attached hydrogen (secondary N) is 2. The fraction of sp³-hybridized carbons (Fsp3) is 0.762. The molecule has 0 radical (unpaired) electrons. The van der Waals surface area contributed by atoms with Gasteiger partial charge in [-0.25, -0.2) is 0 Å². The van der Waals surface area contributed by atoms with E-state index in [9.17, 15) is 5.11 Å². The number of ether oxygens (including phenoxy) is 1. The number of morpholine rings is 1. The molecule has 28 heavy (non-hydrogen) atoms. The fourth-order valence-electron chi connectivity index (χ4n) is 4.26. The van der Waals surface area contributed by atoms with Crippen LogP contribution in [0, 0.1) is 5.41 Å². The van der Waals surface area contributed by atoms with Crippen LogP contribution in [0.25, 0.3) is 0 Å². The van der Waals surface area contributed by atoms with E-state index in [0.717, 1.165) is 51.9 Å². The molecule has 1 aliphatic carbocycles. The van der Waals surface area contributed by atoms with E-state index < -0.39 is 6.10 Å². The van der Waals surface area contributed by atoms with E-state index in [4.69, 9.17) is 14.1 Å². The third-order valence-corrected chi connectivity index (χ3v) is 5.83. The van der Waals surface area contributed by atoms with Crippen molar-refractivity contribution in [3.05, 3.63) is 24.2 Å². The smallest absolute Gasteiger partial charge is 0.191 e. The monoisotopic (exact) mass is 392 g/mol. The molecule has 7 nitrogen and oxygen atoms in total. The second kappa shape index (κ2) is 10.8. The SMILES string of the molecule is CCNC(=NCC1(CN2CCOCC2)CCCCC1)NCC(O)c1ccco1. The molecule has 1 unspecified atom stereocenters. The minimum Gasteiger partial charge on any atom is -0.467 e. The van der Waals surface area contributed by atoms with Crippen LogP contribution in [0.3, 0.4) is 0 Å². The first-order valence-corrected chi connectivity index (χ1v) is 10.7. The topological polar surface area (TPSA) is 82.3 Å². The average Bonchev–Trinajstić information content (AvgIpc) is 3.26. The van der Waals surface area contributed by atoms with Gasteiger partial charge in [0.15, 0.2) is 5.96 Å². The number of hydrogen-bond acceptors (Lipinski definition) is 5. The zero-order valence-electron chi connectivity index (χ0n) is 17.2. The summed E-state index contributed by atoms with van der Waals surface area (Å²) >= 11 is 0. The minimum atomic E-state index is -0.684. The first kappa shape index (κ1) is 21.1. The van der Waals surface area contributed by atoms with Crippen molar-refractivity contribution < 1.29 is 14.3 Å². The third-order valence-electron chi connectivity index (χ3n) is 5.83. The maximum atomic E-state index is 10.3. The summed E-state index contributed by atoms with van der Waals surface area (Å²) in [5.41, 5.74) is 0.248. The molecule has 158 valence electrons. The van der Waals surface area contributed by atoms with E-state index in [2.05, 4.69) is 22.5 Å². The van der Waals surface area contributed by atoms with Crippen LogP contribution in [0.2, 0.25) is 0 Å². The highest BCUT2D eigenvalue weighted by atomic mass is 16.5. The van der Waals surface area contributed by atoms with Gasteiger partial charge in [-0.1, -0.05) is 19.3 Å². The Balaban J connectivity index is 1.60. The van der Waals surface area contributed by atoms with Crippen molar-refractivity contribution in [1.82, 2.24) is 15.5 Å². The Labute approximate surface area is 168 Å². The predicted molar refractivity (Wildman–Crippen MR) is 110 cm³/mol. The zero-order chi connectivity index (χ0) is 19.7. The van der Waals surface area contributed by atoms with Gasteiger partial charge < -0.3 is 24.9 Å². The number of aliphatic imine (C=N–C) groups is 1. The van der Waals surface area contributed by atoms with E-state index in [1.807, 2.05) is 0 Å². The van der Waals surface area contributed by atoms with Gasteiger partial charge in [-0.2, -0.15) is 0 Å². The Kier molecular flexibility index (Phi) is 8.18. The van der Waals surface area contributed by atoms with Gasteiger partial charge in [-0.3, -0.25) is 9.89 Å². The van der Waals surface area contributed by atoms with E-state index >= 15 is 0 Å². The van der Waals surface area contributed by atoms with Crippen molar-refractivity contribution in [2.75, 3.05) is 52.5 Å². The largest absolute Gasteiger partial charge is 0.467 e. The van der Waals surface area contributed by atoms with Crippen molar-refractivity contribution in [1.29, 1.82) is 0 Å². The molecule has 0 spiro atoms. The Morgan fingerprint density at radius 3 is 2.71 bits per heavy atom. The minimum absolute atomic E-state index is 0.248. The first-order valence-electron chi connectivity index (χ1n) is 10.7. The van der Waals surface area contributed by atoms with E-state index in [-0.39, 0.29) is 5.41 Å². The van der Waals surface area contributed by atoms with E-state index in [0.29, 0.717) is 12.3 Å². The number of furan rings is 1. The molecule has 3 N–H and O–H groups in total. The van der Waals surface area contributed by atoms with Crippen LogP contribution in [-0.4, -0.2) is 68.4 Å². The summed E-state index contributed by atoms with van der Waals surface area (Å²) in [6, 6.07) is 3.58. The Morgan fingerprint density at radius 1 is 1.25 bits per heavy atom. The number of aliphatic hydroxyl groups is 1. The van der Waals surface area contributed by atoms with Crippen molar-refractivity contribution in [3.8, 4) is 0 Å². The molecule has 1 aliphatic heterocycles. The highest BCUT2D eigenvalue weighted by Crippen LogP contribution is 2.37. The lowest BCUT2D eigenvalue weighted by atomic mass is 9.73. The van der Waals surface area contributed by atoms with Crippen LogP contribution < -0.4 is 10.6 Å². The number of nitrogens with zero attached hydrogens (tertiary/aromatic N) is 2. The maximum Gasteiger partial charge on any atom is 0.191 e. The third kappa shape index (κ3) is 6.22.